The summed E-state index contributed by atoms with van der Waals surface area (Å²) in [5, 5.41) is 12.8. The molecule has 3 aromatic rings. The highest BCUT2D eigenvalue weighted by Crippen LogP contribution is 2.22. The number of carbonyl (C=O) groups excluding carboxylic acids is 1. The Morgan fingerprint density at radius 1 is 1.20 bits per heavy atom. The third kappa shape index (κ3) is 5.82. The minimum absolute atomic E-state index is 0.0418. The summed E-state index contributed by atoms with van der Waals surface area (Å²) in [4.78, 5) is 12.2. The molecule has 0 saturated carbocycles. The van der Waals surface area contributed by atoms with E-state index in [1.165, 1.54) is 0 Å². The molecule has 1 atom stereocenters. The molecule has 0 unspecified atom stereocenters. The molecule has 2 aromatic carbocycles. The zero-order chi connectivity index (χ0) is 21.2. The maximum absolute atomic E-state index is 12.2. The largest absolute Gasteiger partial charge is 0.374 e. The van der Waals surface area contributed by atoms with E-state index in [1.807, 2.05) is 61.7 Å². The van der Waals surface area contributed by atoms with Crippen LogP contribution in [0.4, 0.5) is 0 Å². The molecule has 1 heterocycles. The van der Waals surface area contributed by atoms with Gasteiger partial charge in [-0.25, -0.2) is 0 Å². The number of para-hydroxylation sites is 1. The van der Waals surface area contributed by atoms with Gasteiger partial charge in [0.15, 0.2) is 0 Å². The van der Waals surface area contributed by atoms with Crippen molar-refractivity contribution in [2.45, 2.75) is 32.4 Å². The van der Waals surface area contributed by atoms with Gasteiger partial charge in [0.2, 0.25) is 5.91 Å². The molecule has 3 rings (SSSR count). The third-order valence-corrected chi connectivity index (χ3v) is 4.96. The number of nitrogens with one attached hydrogen (secondary N) is 1. The first-order valence-electron chi connectivity index (χ1n) is 10.3. The first-order chi connectivity index (χ1) is 14.7. The Bertz CT molecular complexity index is 1030. The minimum atomic E-state index is -0.125. The van der Waals surface area contributed by atoms with Gasteiger partial charge < -0.3 is 14.6 Å². The number of hydrogen-bond acceptors (Lipinski definition) is 3. The van der Waals surface area contributed by atoms with Gasteiger partial charge in [0.25, 0.3) is 0 Å². The summed E-state index contributed by atoms with van der Waals surface area (Å²) in [6.07, 6.45) is 6.63. The molecule has 0 bridgehead atoms. The number of nitrogens with zero attached hydrogens (tertiary/aromatic N) is 2. The van der Waals surface area contributed by atoms with Crippen LogP contribution in [0.15, 0.2) is 66.9 Å². The molecule has 0 fully saturated rings. The minimum Gasteiger partial charge on any atom is -0.374 e. The number of ether oxygens (including phenoxy) is 1. The molecule has 1 aromatic heterocycles. The third-order valence-electron chi connectivity index (χ3n) is 4.96. The summed E-state index contributed by atoms with van der Waals surface area (Å²) in [7, 11) is 0. The van der Waals surface area contributed by atoms with Crippen molar-refractivity contribution in [2.75, 3.05) is 13.2 Å². The zero-order valence-electron chi connectivity index (χ0n) is 17.3. The van der Waals surface area contributed by atoms with Crippen LogP contribution in [0.2, 0.25) is 0 Å². The van der Waals surface area contributed by atoms with Gasteiger partial charge in [-0.05, 0) is 31.1 Å². The van der Waals surface area contributed by atoms with Crippen molar-refractivity contribution in [3.63, 3.8) is 0 Å². The van der Waals surface area contributed by atoms with Crippen molar-refractivity contribution >= 4 is 22.9 Å². The van der Waals surface area contributed by atoms with Crippen LogP contribution in [-0.2, 0) is 16.1 Å². The molecule has 30 heavy (non-hydrogen) atoms. The summed E-state index contributed by atoms with van der Waals surface area (Å²) in [6.45, 7) is 3.82. The molecule has 0 saturated heterocycles. The van der Waals surface area contributed by atoms with Crippen LogP contribution in [0.1, 0.15) is 37.0 Å². The SMILES string of the molecule is C[C@H](OCCCNC(=O)/C=C\c1cn(CCC#N)c2ccccc12)c1ccccc1. The van der Waals surface area contributed by atoms with E-state index in [0.717, 1.165) is 28.5 Å². The van der Waals surface area contributed by atoms with Crippen molar-refractivity contribution < 1.29 is 9.53 Å². The first-order valence-corrected chi connectivity index (χ1v) is 10.3. The Balaban J connectivity index is 1.46. The van der Waals surface area contributed by atoms with E-state index in [-0.39, 0.29) is 12.0 Å². The second-order valence-corrected chi connectivity index (χ2v) is 7.10. The molecular weight excluding hydrogens is 374 g/mol. The number of benzene rings is 2. The van der Waals surface area contributed by atoms with Gasteiger partial charge in [-0.15, -0.1) is 0 Å². The van der Waals surface area contributed by atoms with E-state index in [0.29, 0.717) is 26.1 Å². The van der Waals surface area contributed by atoms with Gasteiger partial charge in [-0.1, -0.05) is 48.5 Å². The maximum Gasteiger partial charge on any atom is 0.244 e. The number of rotatable bonds is 10. The fourth-order valence-corrected chi connectivity index (χ4v) is 3.35. The summed E-state index contributed by atoms with van der Waals surface area (Å²) >= 11 is 0. The second kappa shape index (κ2) is 11.0. The van der Waals surface area contributed by atoms with Gasteiger partial charge in [-0.3, -0.25) is 4.79 Å². The van der Waals surface area contributed by atoms with Crippen molar-refractivity contribution in [3.8, 4) is 6.07 Å². The lowest BCUT2D eigenvalue weighted by molar-refractivity contribution is -0.116. The quantitative estimate of drug-likeness (QED) is 0.390. The predicted octanol–water partition coefficient (Wildman–Crippen LogP) is 4.85. The Morgan fingerprint density at radius 2 is 1.97 bits per heavy atom. The van der Waals surface area contributed by atoms with Crippen molar-refractivity contribution in [3.05, 3.63) is 78.0 Å². The van der Waals surface area contributed by atoms with Gasteiger partial charge >= 0.3 is 0 Å². The molecule has 0 aliphatic heterocycles. The standard InChI is InChI=1S/C25H27N3O2/c1-20(21-9-3-2-4-10-21)30-18-8-16-27-25(29)14-13-22-19-28(17-7-15-26)24-12-6-5-11-23(22)24/h2-6,9-14,19-20H,7-8,16-18H2,1H3,(H,27,29)/b14-13-/t20-/m0/s1. The van der Waals surface area contributed by atoms with E-state index < -0.39 is 0 Å². The summed E-state index contributed by atoms with van der Waals surface area (Å²) < 4.78 is 7.88. The van der Waals surface area contributed by atoms with Crippen LogP contribution < -0.4 is 5.32 Å². The number of amides is 1. The zero-order valence-corrected chi connectivity index (χ0v) is 17.3. The normalized spacial score (nSPS) is 12.1. The highest BCUT2D eigenvalue weighted by Gasteiger charge is 2.07. The smallest absolute Gasteiger partial charge is 0.244 e. The lowest BCUT2D eigenvalue weighted by Crippen LogP contribution is -2.23. The van der Waals surface area contributed by atoms with Crippen molar-refractivity contribution in [2.24, 2.45) is 0 Å². The summed E-state index contributed by atoms with van der Waals surface area (Å²) in [5.74, 6) is -0.125. The summed E-state index contributed by atoms with van der Waals surface area (Å²) in [5.41, 5.74) is 3.19. The monoisotopic (exact) mass is 401 g/mol. The molecule has 5 nitrogen and oxygen atoms in total. The lowest BCUT2D eigenvalue weighted by Gasteiger charge is -2.13. The second-order valence-electron chi connectivity index (χ2n) is 7.10. The highest BCUT2D eigenvalue weighted by molar-refractivity contribution is 5.96. The Labute approximate surface area is 177 Å². The molecule has 0 aliphatic carbocycles. The maximum atomic E-state index is 12.2. The van der Waals surface area contributed by atoms with E-state index >= 15 is 0 Å². The molecule has 1 amide bonds. The molecule has 5 heteroatoms. The number of fused-ring (bicyclic) bond motifs is 1. The van der Waals surface area contributed by atoms with E-state index in [9.17, 15) is 4.79 Å². The van der Waals surface area contributed by atoms with Crippen molar-refractivity contribution in [1.29, 1.82) is 5.26 Å². The van der Waals surface area contributed by atoms with E-state index in [4.69, 9.17) is 10.00 Å². The van der Waals surface area contributed by atoms with Crippen molar-refractivity contribution in [1.82, 2.24) is 9.88 Å². The van der Waals surface area contributed by atoms with Gasteiger partial charge in [0.05, 0.1) is 18.6 Å². The lowest BCUT2D eigenvalue weighted by atomic mass is 10.1. The molecule has 0 radical (unpaired) electrons. The highest BCUT2D eigenvalue weighted by atomic mass is 16.5. The molecule has 0 aliphatic rings. The Kier molecular flexibility index (Phi) is 7.82. The molecule has 1 N–H and O–H groups in total. The number of aryl methyl sites for hydroxylation is 1. The van der Waals surface area contributed by atoms with Gasteiger partial charge in [0.1, 0.15) is 0 Å². The number of aromatic nitrogens is 1. The molecule has 154 valence electrons. The average molecular weight is 402 g/mol. The first kappa shape index (κ1) is 21.4. The summed E-state index contributed by atoms with van der Waals surface area (Å²) in [6, 6.07) is 20.3. The van der Waals surface area contributed by atoms with Crippen LogP contribution in [0.3, 0.4) is 0 Å². The fraction of sp³-hybridized carbons (Fsp3) is 0.280. The van der Waals surface area contributed by atoms with Crippen LogP contribution >= 0.6 is 0 Å². The van der Waals surface area contributed by atoms with E-state index in [1.54, 1.807) is 6.08 Å². The molecular formula is C25H27N3O2. The fourth-order valence-electron chi connectivity index (χ4n) is 3.35. The van der Waals surface area contributed by atoms with Crippen LogP contribution in [0.5, 0.6) is 0 Å². The van der Waals surface area contributed by atoms with Gasteiger partial charge in [-0.2, -0.15) is 5.26 Å². The number of hydrogen-bond donors (Lipinski definition) is 1. The average Bonchev–Trinajstić information content (AvgIpc) is 3.14. The Hall–Kier alpha value is -3.36. The number of carbonyl (C=O) groups is 1. The van der Waals surface area contributed by atoms with Gasteiger partial charge in [0, 0.05) is 48.4 Å². The topological polar surface area (TPSA) is 67.0 Å². The van der Waals surface area contributed by atoms with Crippen LogP contribution in [0.25, 0.3) is 17.0 Å². The predicted molar refractivity (Wildman–Crippen MR) is 120 cm³/mol. The van der Waals surface area contributed by atoms with Crippen LogP contribution in [-0.4, -0.2) is 23.6 Å². The van der Waals surface area contributed by atoms with Crippen LogP contribution in [0, 0.1) is 11.3 Å². The molecule has 0 spiro atoms. The van der Waals surface area contributed by atoms with E-state index in [2.05, 4.69) is 28.1 Å². The Morgan fingerprint density at radius 3 is 2.77 bits per heavy atom. The number of nitriles is 1.